The molecule has 0 rings (SSSR count). The molecule has 8 heteroatoms. The van der Waals surface area contributed by atoms with E-state index in [9.17, 15) is 14.3 Å². The van der Waals surface area contributed by atoms with Gasteiger partial charge >= 0.3 is 13.8 Å². The highest BCUT2D eigenvalue weighted by atomic mass is 31.2. The first-order valence-electron chi connectivity index (χ1n) is 13.7. The Balaban J connectivity index is 3.55. The maximum Gasteiger partial charge on any atom is 0.472 e. The molecule has 0 aromatic heterocycles. The van der Waals surface area contributed by atoms with Crippen molar-refractivity contribution in [3.05, 3.63) is 0 Å². The van der Waals surface area contributed by atoms with E-state index in [1.54, 1.807) is 6.92 Å². The number of hydrogen-bond acceptors (Lipinski definition) is 5. The number of ether oxygens (including phenoxy) is 1. The van der Waals surface area contributed by atoms with Crippen molar-refractivity contribution in [3.8, 4) is 0 Å². The number of quaternary nitrogens is 1. The van der Waals surface area contributed by atoms with Crippen molar-refractivity contribution in [3.63, 3.8) is 0 Å². The van der Waals surface area contributed by atoms with E-state index < -0.39 is 13.9 Å². The summed E-state index contributed by atoms with van der Waals surface area (Å²) in [6.45, 7) is 4.44. The summed E-state index contributed by atoms with van der Waals surface area (Å²) >= 11 is 0. The van der Waals surface area contributed by atoms with Crippen molar-refractivity contribution in [1.82, 2.24) is 0 Å². The van der Waals surface area contributed by atoms with E-state index in [1.165, 1.54) is 77.0 Å². The zero-order valence-corrected chi connectivity index (χ0v) is 23.8. The van der Waals surface area contributed by atoms with E-state index in [0.29, 0.717) is 17.4 Å². The maximum absolute atomic E-state index is 12.0. The van der Waals surface area contributed by atoms with Gasteiger partial charge in [-0.2, -0.15) is 0 Å². The summed E-state index contributed by atoms with van der Waals surface area (Å²) in [6, 6.07) is 0. The summed E-state index contributed by atoms with van der Waals surface area (Å²) < 4.78 is 27.7. The molecule has 0 saturated heterocycles. The van der Waals surface area contributed by atoms with Crippen molar-refractivity contribution in [2.75, 3.05) is 40.9 Å². The molecule has 1 N–H and O–H groups in total. The van der Waals surface area contributed by atoms with Crippen LogP contribution in [0.3, 0.4) is 0 Å². The van der Waals surface area contributed by atoms with E-state index in [2.05, 4.69) is 6.92 Å². The molecule has 2 atom stereocenters. The highest BCUT2D eigenvalue weighted by Gasteiger charge is 2.24. The fourth-order valence-corrected chi connectivity index (χ4v) is 4.41. The average Bonchev–Trinajstić information content (AvgIpc) is 2.74. The van der Waals surface area contributed by atoms with E-state index in [1.807, 2.05) is 21.1 Å². The Hall–Kier alpha value is -0.460. The van der Waals surface area contributed by atoms with E-state index in [-0.39, 0.29) is 19.2 Å². The van der Waals surface area contributed by atoms with Crippen LogP contribution in [0.5, 0.6) is 0 Å². The Labute approximate surface area is 210 Å². The zero-order chi connectivity index (χ0) is 25.7. The fraction of sp³-hybridized carbons (Fsp3) is 0.962. The predicted molar refractivity (Wildman–Crippen MR) is 140 cm³/mol. The molecule has 204 valence electrons. The SMILES string of the molecule is CCCCCCCCCCCCCCCCCC(=O)O[C@H](C)COP(=O)(O)OCC[N+](C)(C)C. The molecule has 0 aliphatic rings. The number of esters is 1. The van der Waals surface area contributed by atoms with Crippen LogP contribution >= 0.6 is 7.82 Å². The number of unbranched alkanes of at least 4 members (excludes halogenated alkanes) is 14. The lowest BCUT2D eigenvalue weighted by Gasteiger charge is -2.24. The van der Waals surface area contributed by atoms with Crippen LogP contribution in [-0.2, 0) is 23.1 Å². The topological polar surface area (TPSA) is 82.1 Å². The lowest BCUT2D eigenvalue weighted by molar-refractivity contribution is -0.870. The van der Waals surface area contributed by atoms with Gasteiger partial charge in [0, 0.05) is 6.42 Å². The van der Waals surface area contributed by atoms with Gasteiger partial charge in [-0.25, -0.2) is 4.57 Å². The van der Waals surface area contributed by atoms with Gasteiger partial charge < -0.3 is 14.1 Å². The molecule has 0 aromatic rings. The lowest BCUT2D eigenvalue weighted by atomic mass is 10.0. The molecule has 0 heterocycles. The molecule has 34 heavy (non-hydrogen) atoms. The first-order valence-corrected chi connectivity index (χ1v) is 15.2. The van der Waals surface area contributed by atoms with E-state index in [4.69, 9.17) is 13.8 Å². The highest BCUT2D eigenvalue weighted by Crippen LogP contribution is 2.43. The standard InChI is InChI=1S/C26H54NO6P/c1-6-7-8-9-10-11-12-13-14-15-16-17-18-19-20-21-26(28)33-25(2)24-32-34(29,30)31-23-22-27(3,4)5/h25H,6-24H2,1-5H3/p+1/t25-/m1/s1. The van der Waals surface area contributed by atoms with Crippen LogP contribution in [0.15, 0.2) is 0 Å². The first-order chi connectivity index (χ1) is 16.1. The monoisotopic (exact) mass is 508 g/mol. The summed E-state index contributed by atoms with van der Waals surface area (Å²) in [5, 5.41) is 0. The van der Waals surface area contributed by atoms with Gasteiger partial charge in [-0.3, -0.25) is 13.8 Å². The number of carbonyl (C=O) groups excluding carboxylic acids is 1. The second-order valence-electron chi connectivity index (χ2n) is 10.6. The van der Waals surface area contributed by atoms with Crippen LogP contribution < -0.4 is 0 Å². The normalized spacial score (nSPS) is 14.6. The number of hydrogen-bond donors (Lipinski definition) is 1. The molecule has 0 saturated carbocycles. The molecule has 0 aliphatic carbocycles. The Kier molecular flexibility index (Phi) is 20.4. The van der Waals surface area contributed by atoms with Gasteiger partial charge in [0.2, 0.25) is 0 Å². The molecule has 0 fully saturated rings. The van der Waals surface area contributed by atoms with Gasteiger partial charge in [0.1, 0.15) is 19.3 Å². The Morgan fingerprint density at radius 1 is 0.794 bits per heavy atom. The van der Waals surface area contributed by atoms with Crippen LogP contribution in [0.25, 0.3) is 0 Å². The van der Waals surface area contributed by atoms with Crippen LogP contribution in [0.2, 0.25) is 0 Å². The summed E-state index contributed by atoms with van der Waals surface area (Å²) in [6.07, 6.45) is 19.1. The molecular weight excluding hydrogens is 453 g/mol. The minimum absolute atomic E-state index is 0.116. The quantitative estimate of drug-likeness (QED) is 0.0653. The Morgan fingerprint density at radius 2 is 1.24 bits per heavy atom. The molecular formula is C26H55NO6P+. The molecule has 0 spiro atoms. The first kappa shape index (κ1) is 33.5. The number of phosphoric ester groups is 1. The van der Waals surface area contributed by atoms with Gasteiger partial charge in [-0.05, 0) is 13.3 Å². The number of phosphoric acid groups is 1. The van der Waals surface area contributed by atoms with Crippen LogP contribution in [0, 0.1) is 0 Å². The summed E-state index contributed by atoms with van der Waals surface area (Å²) in [7, 11) is 1.76. The lowest BCUT2D eigenvalue weighted by Crippen LogP contribution is -2.37. The maximum atomic E-state index is 12.0. The number of likely N-dealkylation sites (N-methyl/N-ethyl adjacent to an activating group) is 1. The van der Waals surface area contributed by atoms with Gasteiger partial charge in [0.25, 0.3) is 0 Å². The Morgan fingerprint density at radius 3 is 1.68 bits per heavy atom. The van der Waals surface area contributed by atoms with E-state index >= 15 is 0 Å². The smallest absolute Gasteiger partial charge is 0.460 e. The largest absolute Gasteiger partial charge is 0.472 e. The van der Waals surface area contributed by atoms with Crippen LogP contribution in [0.4, 0.5) is 0 Å². The summed E-state index contributed by atoms with van der Waals surface area (Å²) in [4.78, 5) is 21.7. The summed E-state index contributed by atoms with van der Waals surface area (Å²) in [5.41, 5.74) is 0. The second kappa shape index (κ2) is 20.7. The van der Waals surface area contributed by atoms with Crippen molar-refractivity contribution >= 4 is 13.8 Å². The molecule has 0 amide bonds. The third kappa shape index (κ3) is 24.7. The number of rotatable bonds is 24. The third-order valence-corrected chi connectivity index (χ3v) is 6.79. The third-order valence-electron chi connectivity index (χ3n) is 5.81. The number of carbonyl (C=O) groups is 1. The average molecular weight is 509 g/mol. The van der Waals surface area contributed by atoms with Crippen LogP contribution in [-0.4, -0.2) is 62.4 Å². The highest BCUT2D eigenvalue weighted by molar-refractivity contribution is 7.47. The zero-order valence-electron chi connectivity index (χ0n) is 22.9. The minimum atomic E-state index is -4.13. The number of nitrogens with zero attached hydrogens (tertiary/aromatic N) is 1. The molecule has 0 aliphatic heterocycles. The Bertz CT molecular complexity index is 538. The minimum Gasteiger partial charge on any atom is -0.460 e. The van der Waals surface area contributed by atoms with Crippen molar-refractivity contribution in [2.24, 2.45) is 0 Å². The van der Waals surface area contributed by atoms with Crippen molar-refractivity contribution < 1.29 is 32.5 Å². The molecule has 0 bridgehead atoms. The molecule has 1 unspecified atom stereocenters. The second-order valence-corrected chi connectivity index (χ2v) is 12.1. The van der Waals surface area contributed by atoms with Gasteiger partial charge in [0.15, 0.2) is 0 Å². The van der Waals surface area contributed by atoms with Gasteiger partial charge in [0.05, 0.1) is 27.7 Å². The fourth-order valence-electron chi connectivity index (χ4n) is 3.62. The summed E-state index contributed by atoms with van der Waals surface area (Å²) in [5.74, 6) is -0.287. The van der Waals surface area contributed by atoms with E-state index in [0.717, 1.165) is 19.3 Å². The predicted octanol–water partition coefficient (Wildman–Crippen LogP) is 7.02. The van der Waals surface area contributed by atoms with Gasteiger partial charge in [-0.15, -0.1) is 0 Å². The molecule has 7 nitrogen and oxygen atoms in total. The molecule has 0 aromatic carbocycles. The van der Waals surface area contributed by atoms with Crippen LogP contribution in [0.1, 0.15) is 117 Å². The molecule has 0 radical (unpaired) electrons. The van der Waals surface area contributed by atoms with Gasteiger partial charge in [-0.1, -0.05) is 96.8 Å². The van der Waals surface area contributed by atoms with Crippen molar-refractivity contribution in [2.45, 2.75) is 123 Å². The van der Waals surface area contributed by atoms with Crippen molar-refractivity contribution in [1.29, 1.82) is 0 Å².